The van der Waals surface area contributed by atoms with Crippen LogP contribution in [-0.4, -0.2) is 42.7 Å². The van der Waals surface area contributed by atoms with E-state index in [1.165, 1.54) is 18.9 Å². The van der Waals surface area contributed by atoms with Gasteiger partial charge in [-0.25, -0.2) is 9.78 Å². The molecule has 0 unspecified atom stereocenters. The van der Waals surface area contributed by atoms with E-state index in [1.54, 1.807) is 24.4 Å². The van der Waals surface area contributed by atoms with Gasteiger partial charge in [-0.1, -0.05) is 35.9 Å². The lowest BCUT2D eigenvalue weighted by Gasteiger charge is -2.16. The van der Waals surface area contributed by atoms with Crippen molar-refractivity contribution in [3.63, 3.8) is 0 Å². The summed E-state index contributed by atoms with van der Waals surface area (Å²) in [6.45, 7) is 7.59. The number of rotatable bonds is 10. The molecule has 1 aromatic heterocycles. The van der Waals surface area contributed by atoms with Gasteiger partial charge >= 0.3 is 5.97 Å². The van der Waals surface area contributed by atoms with Gasteiger partial charge < -0.3 is 14.2 Å². The number of carbonyl (C=O) groups excluding carboxylic acids is 1. The van der Waals surface area contributed by atoms with E-state index >= 15 is 0 Å². The summed E-state index contributed by atoms with van der Waals surface area (Å²) >= 11 is 3.42. The van der Waals surface area contributed by atoms with Crippen LogP contribution in [0.25, 0.3) is 10.9 Å². The van der Waals surface area contributed by atoms with Crippen LogP contribution in [0.2, 0.25) is 0 Å². The number of carbonyl (C=O) groups is 1. The van der Waals surface area contributed by atoms with E-state index in [0.717, 1.165) is 16.5 Å². The number of methoxy groups -OCH3 is 2. The summed E-state index contributed by atoms with van der Waals surface area (Å²) in [5, 5.41) is 5.00. The largest absolute Gasteiger partial charge is 0.493 e. The number of halogens is 1. The Kier molecular flexibility index (Phi) is 8.81. The van der Waals surface area contributed by atoms with E-state index in [0.29, 0.717) is 40.2 Å². The second-order valence-electron chi connectivity index (χ2n) is 7.87. The van der Waals surface area contributed by atoms with Gasteiger partial charge in [-0.3, -0.25) is 4.79 Å². The third-order valence-electron chi connectivity index (χ3n) is 5.51. The Morgan fingerprint density at radius 2 is 2.06 bits per heavy atom. The van der Waals surface area contributed by atoms with Gasteiger partial charge in [-0.05, 0) is 48.7 Å². The summed E-state index contributed by atoms with van der Waals surface area (Å²) in [4.78, 5) is 29.7. The lowest BCUT2D eigenvalue weighted by Crippen LogP contribution is -2.23. The monoisotopic (exact) mass is 541 g/mol. The maximum Gasteiger partial charge on any atom is 0.343 e. The highest BCUT2D eigenvalue weighted by atomic mass is 79.9. The van der Waals surface area contributed by atoms with Gasteiger partial charge in [-0.2, -0.15) is 9.78 Å². The van der Waals surface area contributed by atoms with Gasteiger partial charge in [-0.15, -0.1) is 6.58 Å². The highest BCUT2D eigenvalue weighted by Crippen LogP contribution is 2.33. The molecule has 0 fully saturated rings. The average molecular weight is 542 g/mol. The van der Waals surface area contributed by atoms with Gasteiger partial charge in [0.1, 0.15) is 5.82 Å². The molecule has 35 heavy (non-hydrogen) atoms. The van der Waals surface area contributed by atoms with Crippen LogP contribution in [0.1, 0.15) is 43.1 Å². The summed E-state index contributed by atoms with van der Waals surface area (Å²) < 4.78 is 18.0. The molecule has 1 heterocycles. The van der Waals surface area contributed by atoms with Crippen molar-refractivity contribution in [1.82, 2.24) is 9.66 Å². The molecule has 0 N–H and O–H groups in total. The van der Waals surface area contributed by atoms with Crippen LogP contribution in [-0.2, 0) is 16.0 Å². The quantitative estimate of drug-likeness (QED) is 0.207. The predicted octanol–water partition coefficient (Wildman–Crippen LogP) is 4.84. The molecule has 0 saturated carbocycles. The molecule has 0 radical (unpaired) electrons. The Morgan fingerprint density at radius 3 is 2.71 bits per heavy atom. The number of aromatic nitrogens is 2. The third-order valence-corrected chi connectivity index (χ3v) is 6.00. The lowest BCUT2D eigenvalue weighted by molar-refractivity contribution is -0.142. The topological polar surface area (TPSA) is 92.0 Å². The van der Waals surface area contributed by atoms with Crippen molar-refractivity contribution in [2.45, 2.75) is 32.6 Å². The number of ether oxygens (including phenoxy) is 3. The number of benzene rings is 2. The first-order valence-electron chi connectivity index (χ1n) is 11.1. The Hall–Kier alpha value is -3.46. The van der Waals surface area contributed by atoms with E-state index in [4.69, 9.17) is 14.5 Å². The second-order valence-corrected chi connectivity index (χ2v) is 8.79. The fraction of sp³-hybridized carbons (Fsp3) is 0.308. The van der Waals surface area contributed by atoms with Crippen molar-refractivity contribution >= 4 is 39.0 Å². The number of allylic oxidation sites excluding steroid dienone is 1. The molecule has 0 aliphatic rings. The summed E-state index contributed by atoms with van der Waals surface area (Å²) in [6, 6.07) is 9.00. The minimum absolute atomic E-state index is 0.0212. The standard InChI is InChI=1S/C26H28BrN3O5/c1-6-8-18-11-17(12-22(33-4)24(18)35-15-23(31)34-5)14-28-30-25(16(3)7-2)29-21-10-9-19(27)13-20(21)26(30)32/h6,9-14,16H,1,7-8,15H2,2-5H3/t16-/m1/s1. The maximum absolute atomic E-state index is 13.4. The first-order chi connectivity index (χ1) is 16.8. The fourth-order valence-corrected chi connectivity index (χ4v) is 3.84. The Balaban J connectivity index is 2.11. The molecular formula is C26H28BrN3O5. The molecule has 3 aromatic rings. The summed E-state index contributed by atoms with van der Waals surface area (Å²) in [5.41, 5.74) is 1.81. The maximum atomic E-state index is 13.4. The molecule has 3 rings (SSSR count). The normalized spacial score (nSPS) is 12.0. The molecule has 0 aliphatic carbocycles. The van der Waals surface area contributed by atoms with Crippen molar-refractivity contribution in [2.24, 2.45) is 5.10 Å². The molecule has 9 heteroatoms. The van der Waals surface area contributed by atoms with Crippen LogP contribution >= 0.6 is 15.9 Å². The lowest BCUT2D eigenvalue weighted by atomic mass is 10.1. The summed E-state index contributed by atoms with van der Waals surface area (Å²) in [5.74, 6) is 0.941. The molecule has 0 amide bonds. The first kappa shape index (κ1) is 26.2. The smallest absolute Gasteiger partial charge is 0.343 e. The molecule has 184 valence electrons. The zero-order valence-corrected chi connectivity index (χ0v) is 21.8. The zero-order valence-electron chi connectivity index (χ0n) is 20.2. The van der Waals surface area contributed by atoms with Crippen molar-refractivity contribution in [3.05, 3.63) is 74.8 Å². The highest BCUT2D eigenvalue weighted by molar-refractivity contribution is 9.10. The second kappa shape index (κ2) is 11.8. The molecule has 0 spiro atoms. The molecule has 0 saturated heterocycles. The number of nitrogens with zero attached hydrogens (tertiary/aromatic N) is 3. The van der Waals surface area contributed by atoms with Crippen molar-refractivity contribution in [3.8, 4) is 11.5 Å². The van der Waals surface area contributed by atoms with E-state index in [2.05, 4.69) is 32.3 Å². The van der Waals surface area contributed by atoms with E-state index in [9.17, 15) is 9.59 Å². The first-order valence-corrected chi connectivity index (χ1v) is 11.9. The predicted molar refractivity (Wildman–Crippen MR) is 140 cm³/mol. The number of esters is 1. The van der Waals surface area contributed by atoms with Crippen LogP contribution in [0.15, 0.2) is 57.4 Å². The van der Waals surface area contributed by atoms with Gasteiger partial charge in [0, 0.05) is 16.0 Å². The van der Waals surface area contributed by atoms with Crippen LogP contribution in [0.5, 0.6) is 11.5 Å². The molecule has 1 atom stereocenters. The Morgan fingerprint density at radius 1 is 1.29 bits per heavy atom. The number of fused-ring (bicyclic) bond motifs is 1. The Bertz CT molecular complexity index is 1330. The van der Waals surface area contributed by atoms with E-state index in [-0.39, 0.29) is 18.1 Å². The molecule has 2 aromatic carbocycles. The number of hydrogen-bond acceptors (Lipinski definition) is 7. The average Bonchev–Trinajstić information content (AvgIpc) is 2.86. The minimum atomic E-state index is -0.505. The van der Waals surface area contributed by atoms with Gasteiger partial charge in [0.15, 0.2) is 18.1 Å². The van der Waals surface area contributed by atoms with Crippen molar-refractivity contribution in [1.29, 1.82) is 0 Å². The van der Waals surface area contributed by atoms with Gasteiger partial charge in [0.2, 0.25) is 0 Å². The van der Waals surface area contributed by atoms with Crippen LogP contribution in [0.3, 0.4) is 0 Å². The molecule has 8 nitrogen and oxygen atoms in total. The SMILES string of the molecule is C=CCc1cc(C=Nn2c([C@H](C)CC)nc3ccc(Br)cc3c2=O)cc(OC)c1OCC(=O)OC. The number of hydrogen-bond donors (Lipinski definition) is 0. The van der Waals surface area contributed by atoms with Crippen LogP contribution in [0, 0.1) is 0 Å². The van der Waals surface area contributed by atoms with Crippen molar-refractivity contribution in [2.75, 3.05) is 20.8 Å². The van der Waals surface area contributed by atoms with Gasteiger partial charge in [0.25, 0.3) is 5.56 Å². The van der Waals surface area contributed by atoms with Crippen molar-refractivity contribution < 1.29 is 19.0 Å². The van der Waals surface area contributed by atoms with Crippen LogP contribution in [0.4, 0.5) is 0 Å². The zero-order chi connectivity index (χ0) is 25.5. The highest BCUT2D eigenvalue weighted by Gasteiger charge is 2.17. The molecule has 0 bridgehead atoms. The molecule has 0 aliphatic heterocycles. The third kappa shape index (κ3) is 5.97. The Labute approximate surface area is 212 Å². The van der Waals surface area contributed by atoms with Gasteiger partial charge in [0.05, 0.1) is 31.3 Å². The molecular weight excluding hydrogens is 514 g/mol. The van der Waals surface area contributed by atoms with Crippen LogP contribution < -0.4 is 15.0 Å². The fourth-order valence-electron chi connectivity index (χ4n) is 3.47. The minimum Gasteiger partial charge on any atom is -0.493 e. The van der Waals surface area contributed by atoms with E-state index in [1.807, 2.05) is 32.0 Å². The summed E-state index contributed by atoms with van der Waals surface area (Å²) in [6.07, 6.45) is 4.57. The summed E-state index contributed by atoms with van der Waals surface area (Å²) in [7, 11) is 2.80. The van der Waals surface area contributed by atoms with E-state index < -0.39 is 5.97 Å².